The molecule has 0 spiro atoms. The number of hydrogen-bond donors (Lipinski definition) is 0. The summed E-state index contributed by atoms with van der Waals surface area (Å²) >= 11 is 0. The Bertz CT molecular complexity index is 5360. The van der Waals surface area contributed by atoms with Crippen LogP contribution >= 0.6 is 0 Å². The highest BCUT2D eigenvalue weighted by atomic mass is 14.3. The van der Waals surface area contributed by atoms with Crippen LogP contribution in [0, 0.1) is 111 Å². The molecule has 0 unspecified atom stereocenters. The lowest BCUT2D eigenvalue weighted by molar-refractivity contribution is 1.36. The van der Waals surface area contributed by atoms with Crippen molar-refractivity contribution in [3.63, 3.8) is 0 Å². The minimum Gasteiger partial charge on any atom is -0.0617 e. The van der Waals surface area contributed by atoms with Crippen LogP contribution < -0.4 is 0 Å². The molecule has 0 atom stereocenters. The fourth-order valence-corrected chi connectivity index (χ4v) is 19.5. The molecule has 0 saturated carbocycles. The molecule has 0 heterocycles. The zero-order valence-electron chi connectivity index (χ0n) is 65.4. The average molecular weight is 1390 g/mol. The highest BCUT2D eigenvalue weighted by Crippen LogP contribution is 2.55. The zero-order valence-corrected chi connectivity index (χ0v) is 65.4. The Morgan fingerprint density at radius 2 is 0.250 bits per heavy atom. The fraction of sp³-hybridized carbons (Fsp3) is 0.148. The Hall–Kier alpha value is -12.0. The van der Waals surface area contributed by atoms with Crippen LogP contribution in [0.15, 0.2) is 267 Å². The van der Waals surface area contributed by atoms with Gasteiger partial charge in [-0.25, -0.2) is 0 Å². The zero-order chi connectivity index (χ0) is 74.8. The molecule has 0 aliphatic heterocycles. The summed E-state index contributed by atoms with van der Waals surface area (Å²) in [5.41, 5.74) is 49.8. The number of rotatable bonds is 12. The normalized spacial score (nSPS) is 11.7. The van der Waals surface area contributed by atoms with Crippen LogP contribution in [-0.4, -0.2) is 0 Å². The van der Waals surface area contributed by atoms with Crippen molar-refractivity contribution in [3.05, 3.63) is 356 Å². The molecule has 0 amide bonds. The first-order valence-electron chi connectivity index (χ1n) is 38.5. The van der Waals surface area contributed by atoms with Crippen molar-refractivity contribution in [1.29, 1.82) is 0 Å². The Balaban J connectivity index is 1.14. The van der Waals surface area contributed by atoms with Gasteiger partial charge in [-0.15, -0.1) is 0 Å². The van der Waals surface area contributed by atoms with Gasteiger partial charge in [0, 0.05) is 0 Å². The maximum absolute atomic E-state index is 2.62. The van der Waals surface area contributed by atoms with Crippen molar-refractivity contribution < 1.29 is 0 Å². The minimum atomic E-state index is 1.18. The summed E-state index contributed by atoms with van der Waals surface area (Å²) in [5.74, 6) is 0. The van der Waals surface area contributed by atoms with E-state index in [0.29, 0.717) is 0 Å². The van der Waals surface area contributed by atoms with Crippen LogP contribution in [0.1, 0.15) is 89.0 Å². The molecule has 0 heteroatoms. The molecule has 0 radical (unpaired) electrons. The van der Waals surface area contributed by atoms with Crippen molar-refractivity contribution >= 4 is 43.1 Å². The van der Waals surface area contributed by atoms with Gasteiger partial charge in [-0.3, -0.25) is 0 Å². The van der Waals surface area contributed by atoms with E-state index in [1.54, 1.807) is 0 Å². The number of fused-ring (bicyclic) bond motifs is 2. The average Bonchev–Trinajstić information content (AvgIpc) is 0.696. The molecule has 17 rings (SSSR count). The summed E-state index contributed by atoms with van der Waals surface area (Å²) in [7, 11) is 0. The Labute approximate surface area is 639 Å². The molecular formula is C108H92. The summed E-state index contributed by atoms with van der Waals surface area (Å²) < 4.78 is 0. The van der Waals surface area contributed by atoms with Crippen molar-refractivity contribution in [1.82, 2.24) is 0 Å². The molecule has 0 aliphatic carbocycles. The third-order valence-corrected chi connectivity index (χ3v) is 24.1. The number of aryl methyl sites for hydroxylation is 16. The Morgan fingerprint density at radius 3 is 0.380 bits per heavy atom. The fourth-order valence-electron chi connectivity index (χ4n) is 19.5. The van der Waals surface area contributed by atoms with E-state index < -0.39 is 0 Å². The van der Waals surface area contributed by atoms with Gasteiger partial charge in [-0.05, 0) is 425 Å². The molecule has 0 aliphatic rings. The van der Waals surface area contributed by atoms with Gasteiger partial charge in [-0.2, -0.15) is 0 Å². The molecule has 524 valence electrons. The van der Waals surface area contributed by atoms with Gasteiger partial charge in [0.15, 0.2) is 0 Å². The smallest absolute Gasteiger partial charge is 0.00255 e. The first-order chi connectivity index (χ1) is 52.2. The van der Waals surface area contributed by atoms with E-state index in [1.165, 1.54) is 266 Å². The molecule has 0 aromatic heterocycles. The molecule has 17 aromatic rings. The van der Waals surface area contributed by atoms with Crippen LogP contribution in [0.3, 0.4) is 0 Å². The second kappa shape index (κ2) is 27.1. The summed E-state index contributed by atoms with van der Waals surface area (Å²) in [4.78, 5) is 0. The van der Waals surface area contributed by atoms with Crippen molar-refractivity contribution in [2.24, 2.45) is 0 Å². The van der Waals surface area contributed by atoms with E-state index in [9.17, 15) is 0 Å². The molecule has 0 fully saturated rings. The largest absolute Gasteiger partial charge is 0.0617 e. The lowest BCUT2D eigenvalue weighted by atomic mass is 9.78. The first-order valence-corrected chi connectivity index (χ1v) is 38.5. The summed E-state index contributed by atoms with van der Waals surface area (Å²) in [6.07, 6.45) is 0. The van der Waals surface area contributed by atoms with E-state index >= 15 is 0 Å². The van der Waals surface area contributed by atoms with Gasteiger partial charge in [0.2, 0.25) is 0 Å². The van der Waals surface area contributed by atoms with Crippen molar-refractivity contribution in [2.75, 3.05) is 0 Å². The predicted octanol–water partition coefficient (Wildman–Crippen LogP) is 30.7. The van der Waals surface area contributed by atoms with Gasteiger partial charge in [0.1, 0.15) is 0 Å². The first kappa shape index (κ1) is 69.1. The SMILES string of the molecule is Cc1cccc(C)c1-c1cccc(-c2c(C)cccc2C)c1-c1cc2cc(-c3c(-c4c(C)cccc4C)cccc3-c3c(C)cccc3C)cc3c4cc(-c5c(-c6c(C)cccc6C)cccc5-c5c(C)cccc5C)cc5cc(-c6c(-c7c(C)cccc7C)cccc6-c6c(C)cccc6C)cc(c(c1)c23)c54. The maximum Gasteiger partial charge on any atom is -0.00255 e. The molecule has 0 N–H and O–H groups in total. The Kier molecular flexibility index (Phi) is 17.4. The predicted molar refractivity (Wildman–Crippen MR) is 469 cm³/mol. The van der Waals surface area contributed by atoms with E-state index in [2.05, 4.69) is 378 Å². The molecule has 108 heavy (non-hydrogen) atoms. The Morgan fingerprint density at radius 1 is 0.130 bits per heavy atom. The summed E-state index contributed by atoms with van der Waals surface area (Å²) in [5, 5.41) is 9.78. The molecule has 17 aromatic carbocycles. The quantitative estimate of drug-likeness (QED) is 0.0845. The molecule has 0 bridgehead atoms. The molecular weight excluding hydrogens is 1300 g/mol. The van der Waals surface area contributed by atoms with Crippen molar-refractivity contribution in [2.45, 2.75) is 111 Å². The van der Waals surface area contributed by atoms with Crippen LogP contribution in [0.5, 0.6) is 0 Å². The van der Waals surface area contributed by atoms with Crippen LogP contribution in [0.4, 0.5) is 0 Å². The van der Waals surface area contributed by atoms with Crippen LogP contribution in [-0.2, 0) is 0 Å². The number of hydrogen-bond acceptors (Lipinski definition) is 0. The second-order valence-electron chi connectivity index (χ2n) is 31.3. The van der Waals surface area contributed by atoms with E-state index in [1.807, 2.05) is 0 Å². The summed E-state index contributed by atoms with van der Waals surface area (Å²) in [6, 6.07) is 104. The highest BCUT2D eigenvalue weighted by molar-refractivity contribution is 6.36. The van der Waals surface area contributed by atoms with Gasteiger partial charge >= 0.3 is 0 Å². The minimum absolute atomic E-state index is 1.18. The van der Waals surface area contributed by atoms with Gasteiger partial charge in [0.05, 0.1) is 0 Å². The van der Waals surface area contributed by atoms with Crippen LogP contribution in [0.2, 0.25) is 0 Å². The monoisotopic (exact) mass is 1390 g/mol. The van der Waals surface area contributed by atoms with Gasteiger partial charge in [0.25, 0.3) is 0 Å². The number of benzene rings is 17. The van der Waals surface area contributed by atoms with Crippen molar-refractivity contribution in [3.8, 4) is 134 Å². The van der Waals surface area contributed by atoms with E-state index in [-0.39, 0.29) is 0 Å². The van der Waals surface area contributed by atoms with Crippen LogP contribution in [0.25, 0.3) is 177 Å². The molecule has 0 saturated heterocycles. The lowest BCUT2D eigenvalue weighted by Gasteiger charge is -2.26. The standard InChI is InChI=1S/C108H92/c1-61-29-17-30-62(2)95(61)83-45-25-46-84(96-63(3)31-18-32-64(96)4)103(83)79-53-77-54-80(104-85(97-65(5)33-19-34-66(97)6)47-26-48-86(104)98-67(7)35-20-36-68(98)8)59-93-94-60-82(106-89(101-73(13)41-23-42-74(101)14)51-28-52-90(106)102-75(15)43-24-44-76(102)16)56-78-55-81(58-92(108(78)94)91(57-79)107(77)93)105-87(99-69(9)37-21-38-70(99)10)49-27-50-88(105)100-71(11)39-22-40-72(100)12/h17-60H,1-16H3. The second-order valence-corrected chi connectivity index (χ2v) is 31.3. The third kappa shape index (κ3) is 11.3. The topological polar surface area (TPSA) is 0 Å². The maximum atomic E-state index is 2.62. The van der Waals surface area contributed by atoms with Gasteiger partial charge < -0.3 is 0 Å². The van der Waals surface area contributed by atoms with E-state index in [4.69, 9.17) is 0 Å². The summed E-state index contributed by atoms with van der Waals surface area (Å²) in [6.45, 7) is 36.7. The third-order valence-electron chi connectivity index (χ3n) is 24.1. The lowest BCUT2D eigenvalue weighted by Crippen LogP contribution is -2.00. The van der Waals surface area contributed by atoms with E-state index in [0.717, 1.165) is 0 Å². The molecule has 0 nitrogen and oxygen atoms in total. The highest BCUT2D eigenvalue weighted by Gasteiger charge is 2.29. The van der Waals surface area contributed by atoms with Gasteiger partial charge in [-0.1, -0.05) is 218 Å².